The Labute approximate surface area is 127 Å². The maximum Gasteiger partial charge on any atom is 0.128 e. The van der Waals surface area contributed by atoms with Crippen molar-refractivity contribution in [3.63, 3.8) is 0 Å². The summed E-state index contributed by atoms with van der Waals surface area (Å²) in [6.07, 6.45) is 0. The maximum absolute atomic E-state index is 13.9. The number of hydrogen-bond acceptors (Lipinski definition) is 2. The first-order chi connectivity index (χ1) is 9.41. The molecule has 0 radical (unpaired) electrons. The fourth-order valence-electron chi connectivity index (χ4n) is 2.09. The molecule has 0 fully saturated rings. The first-order valence-corrected chi connectivity index (χ1v) is 6.89. The Morgan fingerprint density at radius 3 is 2.40 bits per heavy atom. The minimum atomic E-state index is -0.245. The molecule has 5 heteroatoms. The van der Waals surface area contributed by atoms with Crippen molar-refractivity contribution >= 4 is 34.6 Å². The number of nitrogens with two attached hydrogens (primary N) is 1. The highest BCUT2D eigenvalue weighted by Gasteiger charge is 2.18. The normalized spacial score (nSPS) is 12.2. The van der Waals surface area contributed by atoms with Crippen LogP contribution in [0.1, 0.15) is 18.5 Å². The topological polar surface area (TPSA) is 29.3 Å². The van der Waals surface area contributed by atoms with Crippen LogP contribution >= 0.6 is 23.2 Å². The van der Waals surface area contributed by atoms with Gasteiger partial charge >= 0.3 is 0 Å². The Kier molecular flexibility index (Phi) is 4.41. The van der Waals surface area contributed by atoms with E-state index >= 15 is 0 Å². The summed E-state index contributed by atoms with van der Waals surface area (Å²) in [6.45, 7) is 1.90. The van der Waals surface area contributed by atoms with E-state index in [0.717, 1.165) is 5.69 Å². The Balaban J connectivity index is 2.39. The number of benzene rings is 2. The second kappa shape index (κ2) is 5.90. The van der Waals surface area contributed by atoms with Crippen LogP contribution in [0.2, 0.25) is 10.0 Å². The van der Waals surface area contributed by atoms with Crippen LogP contribution in [0.4, 0.5) is 15.8 Å². The first-order valence-electron chi connectivity index (χ1n) is 6.13. The Morgan fingerprint density at radius 1 is 1.15 bits per heavy atom. The van der Waals surface area contributed by atoms with Crippen molar-refractivity contribution in [1.29, 1.82) is 0 Å². The average Bonchev–Trinajstić information content (AvgIpc) is 2.42. The molecule has 0 saturated heterocycles. The van der Waals surface area contributed by atoms with Gasteiger partial charge in [-0.05, 0) is 25.1 Å². The molecule has 1 atom stereocenters. The number of nitrogens with zero attached hydrogens (tertiary/aromatic N) is 1. The molecule has 0 aliphatic heterocycles. The van der Waals surface area contributed by atoms with E-state index in [1.807, 2.05) is 18.9 Å². The minimum Gasteiger partial charge on any atom is -0.397 e. The Hall–Kier alpha value is -1.45. The minimum absolute atomic E-state index is 0.184. The van der Waals surface area contributed by atoms with Crippen molar-refractivity contribution in [3.8, 4) is 0 Å². The lowest BCUT2D eigenvalue weighted by Crippen LogP contribution is -2.23. The van der Waals surface area contributed by atoms with Crippen molar-refractivity contribution in [3.05, 3.63) is 57.8 Å². The predicted octanol–water partition coefficient (Wildman–Crippen LogP) is 4.91. The monoisotopic (exact) mass is 312 g/mol. The van der Waals surface area contributed by atoms with E-state index in [-0.39, 0.29) is 11.9 Å². The zero-order chi connectivity index (χ0) is 14.9. The van der Waals surface area contributed by atoms with Crippen molar-refractivity contribution in [1.82, 2.24) is 0 Å². The molecule has 0 spiro atoms. The van der Waals surface area contributed by atoms with Crippen molar-refractivity contribution in [2.75, 3.05) is 17.7 Å². The zero-order valence-electron chi connectivity index (χ0n) is 11.2. The van der Waals surface area contributed by atoms with Gasteiger partial charge in [0.25, 0.3) is 0 Å². The third-order valence-corrected chi connectivity index (χ3v) is 4.11. The molecule has 2 rings (SSSR count). The molecular weight excluding hydrogens is 298 g/mol. The number of anilines is 2. The molecule has 2 N–H and O–H groups in total. The fraction of sp³-hybridized carbons (Fsp3) is 0.200. The zero-order valence-corrected chi connectivity index (χ0v) is 12.7. The molecule has 2 aromatic carbocycles. The van der Waals surface area contributed by atoms with Crippen molar-refractivity contribution < 1.29 is 4.39 Å². The van der Waals surface area contributed by atoms with Gasteiger partial charge in [0.1, 0.15) is 5.82 Å². The third-order valence-electron chi connectivity index (χ3n) is 3.39. The number of rotatable bonds is 3. The second-order valence-corrected chi connectivity index (χ2v) is 5.45. The molecule has 20 heavy (non-hydrogen) atoms. The van der Waals surface area contributed by atoms with E-state index in [2.05, 4.69) is 0 Å². The van der Waals surface area contributed by atoms with Crippen LogP contribution in [0.5, 0.6) is 0 Å². The highest BCUT2D eigenvalue weighted by Crippen LogP contribution is 2.36. The summed E-state index contributed by atoms with van der Waals surface area (Å²) in [5, 5.41) is 0.823. The fourth-order valence-corrected chi connectivity index (χ4v) is 2.42. The van der Waals surface area contributed by atoms with Gasteiger partial charge in [0, 0.05) is 12.6 Å². The number of nitrogen functional groups attached to an aromatic ring is 1. The van der Waals surface area contributed by atoms with Gasteiger partial charge in [-0.25, -0.2) is 4.39 Å². The molecular formula is C15H15Cl2FN2. The average molecular weight is 313 g/mol. The van der Waals surface area contributed by atoms with Gasteiger partial charge in [0.15, 0.2) is 0 Å². The summed E-state index contributed by atoms with van der Waals surface area (Å²) in [5.74, 6) is -0.245. The Bertz CT molecular complexity index is 631. The van der Waals surface area contributed by atoms with Gasteiger partial charge in [0.2, 0.25) is 0 Å². The number of hydrogen-bond donors (Lipinski definition) is 1. The SMILES string of the molecule is CC(c1ccccc1F)N(C)c1cc(Cl)c(Cl)cc1N. The molecule has 0 heterocycles. The van der Waals surface area contributed by atoms with Crippen molar-refractivity contribution in [2.24, 2.45) is 0 Å². The molecule has 0 aromatic heterocycles. The summed E-state index contributed by atoms with van der Waals surface area (Å²) < 4.78 is 13.9. The van der Waals surface area contributed by atoms with E-state index < -0.39 is 0 Å². The lowest BCUT2D eigenvalue weighted by Gasteiger charge is -2.29. The van der Waals surface area contributed by atoms with Gasteiger partial charge in [-0.3, -0.25) is 0 Å². The number of halogens is 3. The molecule has 106 valence electrons. The van der Waals surface area contributed by atoms with Crippen LogP contribution < -0.4 is 10.6 Å². The van der Waals surface area contributed by atoms with E-state index in [4.69, 9.17) is 28.9 Å². The van der Waals surface area contributed by atoms with Crippen LogP contribution in [-0.4, -0.2) is 7.05 Å². The summed E-state index contributed by atoms with van der Waals surface area (Å²) >= 11 is 11.9. The van der Waals surface area contributed by atoms with Gasteiger partial charge < -0.3 is 10.6 Å². The molecule has 0 amide bonds. The summed E-state index contributed by atoms with van der Waals surface area (Å²) in [6, 6.07) is 9.78. The van der Waals surface area contributed by atoms with E-state index in [0.29, 0.717) is 21.3 Å². The second-order valence-electron chi connectivity index (χ2n) is 4.63. The molecule has 2 aromatic rings. The van der Waals surface area contributed by atoms with Crippen LogP contribution in [-0.2, 0) is 0 Å². The van der Waals surface area contributed by atoms with Crippen LogP contribution in [0.15, 0.2) is 36.4 Å². The van der Waals surface area contributed by atoms with Gasteiger partial charge in [-0.1, -0.05) is 41.4 Å². The van der Waals surface area contributed by atoms with Gasteiger partial charge in [-0.2, -0.15) is 0 Å². The molecule has 0 aliphatic rings. The molecule has 0 bridgehead atoms. The molecule has 0 aliphatic carbocycles. The highest BCUT2D eigenvalue weighted by atomic mass is 35.5. The van der Waals surface area contributed by atoms with Crippen LogP contribution in [0.3, 0.4) is 0 Å². The standard InChI is InChI=1S/C15H15Cl2FN2/c1-9(10-5-3-4-6-13(10)18)20(2)15-8-12(17)11(16)7-14(15)19/h3-9H,19H2,1-2H3. The van der Waals surface area contributed by atoms with Crippen molar-refractivity contribution in [2.45, 2.75) is 13.0 Å². The summed E-state index contributed by atoms with van der Waals surface area (Å²) in [4.78, 5) is 1.87. The van der Waals surface area contributed by atoms with Crippen LogP contribution in [0, 0.1) is 5.82 Å². The highest BCUT2D eigenvalue weighted by molar-refractivity contribution is 6.42. The quantitative estimate of drug-likeness (QED) is 0.816. The lowest BCUT2D eigenvalue weighted by molar-refractivity contribution is 0.585. The lowest BCUT2D eigenvalue weighted by atomic mass is 10.1. The van der Waals surface area contributed by atoms with E-state index in [9.17, 15) is 4.39 Å². The summed E-state index contributed by atoms with van der Waals surface area (Å²) in [7, 11) is 1.84. The maximum atomic E-state index is 13.9. The third kappa shape index (κ3) is 2.84. The predicted molar refractivity (Wildman–Crippen MR) is 84.1 cm³/mol. The summed E-state index contributed by atoms with van der Waals surface area (Å²) in [5.41, 5.74) is 7.79. The largest absolute Gasteiger partial charge is 0.397 e. The molecule has 2 nitrogen and oxygen atoms in total. The van der Waals surface area contributed by atoms with E-state index in [1.165, 1.54) is 6.07 Å². The molecule has 1 unspecified atom stereocenters. The molecule has 0 saturated carbocycles. The smallest absolute Gasteiger partial charge is 0.128 e. The Morgan fingerprint density at radius 2 is 1.75 bits per heavy atom. The van der Waals surface area contributed by atoms with Gasteiger partial charge in [-0.15, -0.1) is 0 Å². The van der Waals surface area contributed by atoms with E-state index in [1.54, 1.807) is 30.3 Å². The first kappa shape index (κ1) is 14.9. The van der Waals surface area contributed by atoms with Crippen LogP contribution in [0.25, 0.3) is 0 Å². The van der Waals surface area contributed by atoms with Gasteiger partial charge in [0.05, 0.1) is 27.5 Å².